The van der Waals surface area contributed by atoms with Crippen LogP contribution >= 0.6 is 23.2 Å². The third-order valence-electron chi connectivity index (χ3n) is 5.95. The molecule has 1 heterocycles. The zero-order chi connectivity index (χ0) is 26.1. The number of hydrogen-bond donors (Lipinski definition) is 2. The molecular weight excluding hydrogens is 514 g/mol. The lowest BCUT2D eigenvalue weighted by Crippen LogP contribution is -2.42. The van der Waals surface area contributed by atoms with Crippen LogP contribution in [0.3, 0.4) is 0 Å². The van der Waals surface area contributed by atoms with E-state index >= 15 is 0 Å². The molecule has 1 atom stereocenters. The molecule has 0 bridgehead atoms. The molecule has 5 nitrogen and oxygen atoms in total. The van der Waals surface area contributed by atoms with Crippen molar-refractivity contribution in [3.05, 3.63) is 87.4 Å². The number of alkyl halides is 3. The van der Waals surface area contributed by atoms with Crippen LogP contribution in [0.1, 0.15) is 36.5 Å². The molecule has 1 aliphatic heterocycles. The van der Waals surface area contributed by atoms with E-state index in [2.05, 4.69) is 10.5 Å². The first kappa shape index (κ1) is 25.9. The van der Waals surface area contributed by atoms with Crippen molar-refractivity contribution in [2.75, 3.05) is 5.73 Å². The molecule has 0 fully saturated rings. The Morgan fingerprint density at radius 3 is 2.44 bits per heavy atom. The third kappa shape index (κ3) is 5.15. The van der Waals surface area contributed by atoms with Crippen LogP contribution in [0.15, 0.2) is 65.8 Å². The maximum Gasteiger partial charge on any atom is 0.435 e. The first-order valence-electron chi connectivity index (χ1n) is 11.1. The number of nitrogens with two attached hydrogens (primary N) is 1. The van der Waals surface area contributed by atoms with E-state index in [-0.39, 0.29) is 33.8 Å². The Morgan fingerprint density at radius 2 is 1.81 bits per heavy atom. The predicted molar refractivity (Wildman–Crippen MR) is 135 cm³/mol. The lowest BCUT2D eigenvalue weighted by molar-refractivity contribution is -0.275. The van der Waals surface area contributed by atoms with E-state index in [4.69, 9.17) is 33.8 Å². The monoisotopic (exact) mass is 535 g/mol. The first-order valence-corrected chi connectivity index (χ1v) is 11.8. The molecule has 36 heavy (non-hydrogen) atoms. The number of amides is 1. The van der Waals surface area contributed by atoms with Crippen molar-refractivity contribution in [1.29, 1.82) is 0 Å². The number of nitrogen functional groups attached to an aromatic ring is 1. The van der Waals surface area contributed by atoms with Gasteiger partial charge in [0.2, 0.25) is 5.91 Å². The van der Waals surface area contributed by atoms with Gasteiger partial charge in [0.05, 0.1) is 5.71 Å². The van der Waals surface area contributed by atoms with Crippen LogP contribution in [0.25, 0.3) is 11.1 Å². The van der Waals surface area contributed by atoms with Gasteiger partial charge in [0.1, 0.15) is 0 Å². The van der Waals surface area contributed by atoms with E-state index in [1.807, 2.05) is 6.07 Å². The van der Waals surface area contributed by atoms with Gasteiger partial charge >= 0.3 is 6.18 Å². The van der Waals surface area contributed by atoms with E-state index in [0.717, 1.165) is 11.1 Å². The Hall–Kier alpha value is -3.23. The van der Waals surface area contributed by atoms with Crippen molar-refractivity contribution in [2.45, 2.75) is 38.1 Å². The number of hydrogen-bond acceptors (Lipinski definition) is 4. The molecule has 0 aliphatic carbocycles. The van der Waals surface area contributed by atoms with E-state index in [0.29, 0.717) is 23.2 Å². The van der Waals surface area contributed by atoms with Crippen LogP contribution in [-0.2, 0) is 21.8 Å². The molecule has 10 heteroatoms. The SMILES string of the molecule is CCC(=O)NCc1ccc(C2=NOC(c3cc(Cl)cc(Cl)c3)(C(F)(F)F)C2)cc1-c1cccc(N)c1. The Labute approximate surface area is 216 Å². The second kappa shape index (κ2) is 10.0. The van der Waals surface area contributed by atoms with Gasteiger partial charge in [0.25, 0.3) is 5.60 Å². The zero-order valence-corrected chi connectivity index (χ0v) is 20.6. The van der Waals surface area contributed by atoms with Gasteiger partial charge < -0.3 is 15.9 Å². The number of rotatable bonds is 6. The van der Waals surface area contributed by atoms with Crippen molar-refractivity contribution in [3.8, 4) is 11.1 Å². The molecule has 1 unspecified atom stereocenters. The summed E-state index contributed by atoms with van der Waals surface area (Å²) in [5.74, 6) is -0.124. The molecule has 0 saturated carbocycles. The average molecular weight is 536 g/mol. The summed E-state index contributed by atoms with van der Waals surface area (Å²) >= 11 is 12.0. The van der Waals surface area contributed by atoms with Crippen LogP contribution in [0.2, 0.25) is 10.0 Å². The summed E-state index contributed by atoms with van der Waals surface area (Å²) in [6, 6.07) is 15.9. The minimum atomic E-state index is -4.80. The van der Waals surface area contributed by atoms with Gasteiger partial charge in [0.15, 0.2) is 0 Å². The fraction of sp³-hybridized carbons (Fsp3) is 0.231. The summed E-state index contributed by atoms with van der Waals surface area (Å²) in [5, 5.41) is 6.79. The fourth-order valence-corrected chi connectivity index (χ4v) is 4.58. The van der Waals surface area contributed by atoms with E-state index in [1.165, 1.54) is 18.2 Å². The number of oxime groups is 1. The highest BCUT2D eigenvalue weighted by molar-refractivity contribution is 6.34. The van der Waals surface area contributed by atoms with Gasteiger partial charge in [-0.05, 0) is 53.1 Å². The molecule has 4 rings (SSSR count). The maximum absolute atomic E-state index is 14.4. The lowest BCUT2D eigenvalue weighted by Gasteiger charge is -2.29. The number of carbonyl (C=O) groups excluding carboxylic acids is 1. The van der Waals surface area contributed by atoms with Crippen molar-refractivity contribution in [3.63, 3.8) is 0 Å². The lowest BCUT2D eigenvalue weighted by atomic mass is 9.85. The Balaban J connectivity index is 1.74. The molecule has 0 radical (unpaired) electrons. The summed E-state index contributed by atoms with van der Waals surface area (Å²) in [4.78, 5) is 16.9. The third-order valence-corrected chi connectivity index (χ3v) is 6.39. The van der Waals surface area contributed by atoms with Gasteiger partial charge in [-0.3, -0.25) is 4.79 Å². The minimum Gasteiger partial charge on any atom is -0.399 e. The second-order valence-corrected chi connectivity index (χ2v) is 9.29. The molecule has 0 saturated heterocycles. The highest BCUT2D eigenvalue weighted by atomic mass is 35.5. The number of anilines is 1. The Kier molecular flexibility index (Phi) is 7.20. The first-order chi connectivity index (χ1) is 17.0. The number of carbonyl (C=O) groups is 1. The second-order valence-electron chi connectivity index (χ2n) is 8.42. The Morgan fingerprint density at radius 1 is 1.08 bits per heavy atom. The van der Waals surface area contributed by atoms with Gasteiger partial charge in [-0.2, -0.15) is 13.2 Å². The van der Waals surface area contributed by atoms with E-state index in [1.54, 1.807) is 43.3 Å². The van der Waals surface area contributed by atoms with Gasteiger partial charge in [-0.25, -0.2) is 0 Å². The van der Waals surface area contributed by atoms with Crippen LogP contribution in [-0.4, -0.2) is 17.8 Å². The average Bonchev–Trinajstić information content (AvgIpc) is 3.29. The van der Waals surface area contributed by atoms with Gasteiger partial charge in [-0.15, -0.1) is 0 Å². The molecular formula is C26H22Cl2F3N3O2. The van der Waals surface area contributed by atoms with Crippen LogP contribution in [0, 0.1) is 0 Å². The summed E-state index contributed by atoms with van der Waals surface area (Å²) in [7, 11) is 0. The van der Waals surface area contributed by atoms with Crippen molar-refractivity contribution in [2.24, 2.45) is 5.16 Å². The summed E-state index contributed by atoms with van der Waals surface area (Å²) in [5.41, 5.74) is 6.30. The molecule has 0 aromatic heterocycles. The Bertz CT molecular complexity index is 1320. The van der Waals surface area contributed by atoms with Crippen LogP contribution in [0.4, 0.5) is 18.9 Å². The van der Waals surface area contributed by atoms with Crippen LogP contribution < -0.4 is 11.1 Å². The van der Waals surface area contributed by atoms with Crippen molar-refractivity contribution >= 4 is 40.5 Å². The van der Waals surface area contributed by atoms with Gasteiger partial charge in [0, 0.05) is 46.2 Å². The topological polar surface area (TPSA) is 76.7 Å². The minimum absolute atomic E-state index is 0.0561. The van der Waals surface area contributed by atoms with Crippen molar-refractivity contribution < 1.29 is 22.8 Å². The van der Waals surface area contributed by atoms with Crippen molar-refractivity contribution in [1.82, 2.24) is 5.32 Å². The number of benzene rings is 3. The summed E-state index contributed by atoms with van der Waals surface area (Å²) < 4.78 is 43.1. The molecule has 0 spiro atoms. The normalized spacial score (nSPS) is 17.4. The van der Waals surface area contributed by atoms with Crippen LogP contribution in [0.5, 0.6) is 0 Å². The van der Waals surface area contributed by atoms with Gasteiger partial charge in [-0.1, -0.05) is 59.5 Å². The highest BCUT2D eigenvalue weighted by Crippen LogP contribution is 2.50. The highest BCUT2D eigenvalue weighted by Gasteiger charge is 2.62. The summed E-state index contributed by atoms with van der Waals surface area (Å²) in [6.07, 6.45) is -5.05. The fourth-order valence-electron chi connectivity index (χ4n) is 4.05. The largest absolute Gasteiger partial charge is 0.435 e. The smallest absolute Gasteiger partial charge is 0.399 e. The molecule has 1 amide bonds. The molecule has 3 aromatic carbocycles. The molecule has 3 N–H and O–H groups in total. The molecule has 188 valence electrons. The van der Waals surface area contributed by atoms with E-state index in [9.17, 15) is 18.0 Å². The summed E-state index contributed by atoms with van der Waals surface area (Å²) in [6.45, 7) is 1.99. The van der Waals surface area contributed by atoms with E-state index < -0.39 is 18.2 Å². The number of halogens is 5. The standard InChI is InChI=1S/C26H22Cl2F3N3O2/c1-2-24(35)33-14-17-7-6-16(9-22(17)15-4-3-5-21(32)8-15)23-13-25(36-34-23,26(29,30)31)18-10-19(27)12-20(28)11-18/h3-12H,2,13-14,32H2,1H3,(H,33,35). The molecule has 3 aromatic rings. The quantitative estimate of drug-likeness (QED) is 0.339. The molecule has 1 aliphatic rings. The maximum atomic E-state index is 14.4. The zero-order valence-electron chi connectivity index (χ0n) is 19.1. The predicted octanol–water partition coefficient (Wildman–Crippen LogP) is 6.85. The number of nitrogens with one attached hydrogen (secondary N) is 1. The number of nitrogens with zero attached hydrogens (tertiary/aromatic N) is 1.